The molecule has 4 nitrogen and oxygen atoms in total. The van der Waals surface area contributed by atoms with Gasteiger partial charge in [0.2, 0.25) is 5.91 Å². The smallest absolute Gasteiger partial charge is 0.222 e. The van der Waals surface area contributed by atoms with Crippen LogP contribution in [-0.2, 0) is 4.79 Å². The monoisotopic (exact) mass is 169 g/mol. The second kappa shape index (κ2) is 4.09. The highest BCUT2D eigenvalue weighted by molar-refractivity contribution is 5.83. The fourth-order valence-corrected chi connectivity index (χ4v) is 1.24. The van der Waals surface area contributed by atoms with Gasteiger partial charge in [0.05, 0.1) is 18.3 Å². The first-order valence-electron chi connectivity index (χ1n) is 4.31. The van der Waals surface area contributed by atoms with Crippen molar-refractivity contribution in [2.24, 2.45) is 10.7 Å². The molecule has 0 radical (unpaired) electrons. The van der Waals surface area contributed by atoms with E-state index in [-0.39, 0.29) is 11.9 Å². The second-order valence-electron chi connectivity index (χ2n) is 3.03. The summed E-state index contributed by atoms with van der Waals surface area (Å²) in [5.74, 6) is 0.743. The summed E-state index contributed by atoms with van der Waals surface area (Å²) in [7, 11) is 0. The average Bonchev–Trinajstić information content (AvgIpc) is 2.36. The molecule has 0 aromatic carbocycles. The molecule has 3 N–H and O–H groups in total. The molecule has 0 aliphatic carbocycles. The third-order valence-electron chi connectivity index (χ3n) is 1.81. The minimum atomic E-state index is 0.0732. The van der Waals surface area contributed by atoms with Crippen molar-refractivity contribution in [2.75, 3.05) is 6.54 Å². The highest BCUT2D eigenvalue weighted by Gasteiger charge is 2.20. The van der Waals surface area contributed by atoms with Crippen molar-refractivity contribution in [1.82, 2.24) is 5.32 Å². The SMILES string of the molecule is CCCC(N)=NC1CNC(=O)C1. The Morgan fingerprint density at radius 3 is 3.08 bits per heavy atom. The van der Waals surface area contributed by atoms with E-state index in [4.69, 9.17) is 5.73 Å². The molecule has 1 aliphatic rings. The molecule has 1 unspecified atom stereocenters. The molecule has 1 heterocycles. The van der Waals surface area contributed by atoms with Crippen molar-refractivity contribution in [2.45, 2.75) is 32.2 Å². The number of amidine groups is 1. The van der Waals surface area contributed by atoms with Crippen molar-refractivity contribution in [1.29, 1.82) is 0 Å². The molecule has 1 saturated heterocycles. The van der Waals surface area contributed by atoms with Gasteiger partial charge in [-0.15, -0.1) is 0 Å². The lowest BCUT2D eigenvalue weighted by Gasteiger charge is -2.02. The van der Waals surface area contributed by atoms with Gasteiger partial charge in [0.25, 0.3) is 0 Å². The zero-order valence-electron chi connectivity index (χ0n) is 7.34. The Bertz CT molecular complexity index is 200. The number of amides is 1. The largest absolute Gasteiger partial charge is 0.387 e. The summed E-state index contributed by atoms with van der Waals surface area (Å²) in [4.78, 5) is 15.0. The Labute approximate surface area is 72.2 Å². The number of aliphatic imine (C=N–C) groups is 1. The van der Waals surface area contributed by atoms with Gasteiger partial charge < -0.3 is 11.1 Å². The zero-order valence-corrected chi connectivity index (χ0v) is 7.34. The van der Waals surface area contributed by atoms with Crippen LogP contribution in [0.1, 0.15) is 26.2 Å². The Kier molecular flexibility index (Phi) is 3.08. The van der Waals surface area contributed by atoms with E-state index in [2.05, 4.69) is 17.2 Å². The van der Waals surface area contributed by atoms with Crippen molar-refractivity contribution in [3.05, 3.63) is 0 Å². The summed E-state index contributed by atoms with van der Waals surface area (Å²) in [5.41, 5.74) is 5.62. The molecule has 12 heavy (non-hydrogen) atoms. The van der Waals surface area contributed by atoms with Gasteiger partial charge in [-0.25, -0.2) is 0 Å². The van der Waals surface area contributed by atoms with Crippen LogP contribution in [0.2, 0.25) is 0 Å². The number of carbonyl (C=O) groups excluding carboxylic acids is 1. The molecule has 0 bridgehead atoms. The van der Waals surface area contributed by atoms with Crippen molar-refractivity contribution >= 4 is 11.7 Å². The molecule has 0 spiro atoms. The first-order valence-corrected chi connectivity index (χ1v) is 4.31. The number of nitrogens with zero attached hydrogens (tertiary/aromatic N) is 1. The minimum Gasteiger partial charge on any atom is -0.387 e. The van der Waals surface area contributed by atoms with Crippen LogP contribution in [0.5, 0.6) is 0 Å². The van der Waals surface area contributed by atoms with Crippen LogP contribution in [-0.4, -0.2) is 24.3 Å². The molecule has 1 aliphatic heterocycles. The maximum absolute atomic E-state index is 10.8. The number of hydrogen-bond acceptors (Lipinski definition) is 2. The van der Waals surface area contributed by atoms with Crippen LogP contribution in [0.15, 0.2) is 4.99 Å². The van der Waals surface area contributed by atoms with Crippen LogP contribution < -0.4 is 11.1 Å². The van der Waals surface area contributed by atoms with Gasteiger partial charge >= 0.3 is 0 Å². The number of hydrogen-bond donors (Lipinski definition) is 2. The molecule has 0 aromatic rings. The van der Waals surface area contributed by atoms with Gasteiger partial charge in [0.1, 0.15) is 0 Å². The first-order chi connectivity index (χ1) is 5.72. The van der Waals surface area contributed by atoms with E-state index in [9.17, 15) is 4.79 Å². The maximum atomic E-state index is 10.8. The fraction of sp³-hybridized carbons (Fsp3) is 0.750. The third kappa shape index (κ3) is 2.53. The third-order valence-corrected chi connectivity index (χ3v) is 1.81. The molecule has 0 saturated carbocycles. The molecular formula is C8H15N3O. The summed E-state index contributed by atoms with van der Waals surface area (Å²) in [5, 5.41) is 2.72. The molecule has 1 atom stereocenters. The predicted octanol–water partition coefficient (Wildman–Crippen LogP) is 0.0322. The van der Waals surface area contributed by atoms with Gasteiger partial charge in [-0.1, -0.05) is 6.92 Å². The molecule has 68 valence electrons. The number of rotatable bonds is 3. The summed E-state index contributed by atoms with van der Waals surface area (Å²) in [6.07, 6.45) is 2.32. The summed E-state index contributed by atoms with van der Waals surface area (Å²) in [6, 6.07) is 0.0732. The highest BCUT2D eigenvalue weighted by atomic mass is 16.1. The van der Waals surface area contributed by atoms with Crippen LogP contribution in [0.25, 0.3) is 0 Å². The van der Waals surface area contributed by atoms with Gasteiger partial charge in [-0.3, -0.25) is 9.79 Å². The molecule has 1 amide bonds. The summed E-state index contributed by atoms with van der Waals surface area (Å²) in [6.45, 7) is 2.70. The first kappa shape index (κ1) is 9.03. The fourth-order valence-electron chi connectivity index (χ4n) is 1.24. The molecule has 1 rings (SSSR count). The Balaban J connectivity index is 2.39. The van der Waals surface area contributed by atoms with E-state index < -0.39 is 0 Å². The normalized spacial score (nSPS) is 24.2. The maximum Gasteiger partial charge on any atom is 0.222 e. The van der Waals surface area contributed by atoms with Crippen LogP contribution in [0, 0.1) is 0 Å². The van der Waals surface area contributed by atoms with E-state index in [0.29, 0.717) is 18.8 Å². The van der Waals surface area contributed by atoms with Gasteiger partial charge in [0, 0.05) is 13.0 Å². The zero-order chi connectivity index (χ0) is 8.97. The standard InChI is InChI=1S/C8H15N3O/c1-2-3-7(9)11-6-4-8(12)10-5-6/h6H,2-5H2,1H3,(H2,9,11)(H,10,12). The Morgan fingerprint density at radius 2 is 2.58 bits per heavy atom. The molecule has 4 heteroatoms. The van der Waals surface area contributed by atoms with Crippen molar-refractivity contribution in [3.63, 3.8) is 0 Å². The van der Waals surface area contributed by atoms with Crippen molar-refractivity contribution < 1.29 is 4.79 Å². The van der Waals surface area contributed by atoms with Gasteiger partial charge in [-0.2, -0.15) is 0 Å². The van der Waals surface area contributed by atoms with Crippen LogP contribution in [0.3, 0.4) is 0 Å². The predicted molar refractivity (Wildman–Crippen MR) is 47.9 cm³/mol. The van der Waals surface area contributed by atoms with E-state index in [0.717, 1.165) is 12.8 Å². The number of nitrogens with one attached hydrogen (secondary N) is 1. The van der Waals surface area contributed by atoms with E-state index in [1.54, 1.807) is 0 Å². The summed E-state index contributed by atoms with van der Waals surface area (Å²) >= 11 is 0. The van der Waals surface area contributed by atoms with Crippen LogP contribution >= 0.6 is 0 Å². The Hall–Kier alpha value is -1.06. The lowest BCUT2D eigenvalue weighted by Crippen LogP contribution is -2.18. The topological polar surface area (TPSA) is 67.5 Å². The minimum absolute atomic E-state index is 0.0732. The second-order valence-corrected chi connectivity index (χ2v) is 3.03. The van der Waals surface area contributed by atoms with Gasteiger partial charge in [0.15, 0.2) is 0 Å². The molecule has 0 aromatic heterocycles. The van der Waals surface area contributed by atoms with E-state index >= 15 is 0 Å². The molecule has 1 fully saturated rings. The average molecular weight is 169 g/mol. The number of nitrogens with two attached hydrogens (primary N) is 1. The quantitative estimate of drug-likeness (QED) is 0.462. The summed E-state index contributed by atoms with van der Waals surface area (Å²) < 4.78 is 0. The Morgan fingerprint density at radius 1 is 1.83 bits per heavy atom. The lowest BCUT2D eigenvalue weighted by atomic mass is 10.2. The van der Waals surface area contributed by atoms with Crippen molar-refractivity contribution in [3.8, 4) is 0 Å². The van der Waals surface area contributed by atoms with Gasteiger partial charge in [-0.05, 0) is 6.42 Å². The molecular weight excluding hydrogens is 154 g/mol. The van der Waals surface area contributed by atoms with E-state index in [1.165, 1.54) is 0 Å². The highest BCUT2D eigenvalue weighted by Crippen LogP contribution is 2.04. The van der Waals surface area contributed by atoms with Crippen LogP contribution in [0.4, 0.5) is 0 Å². The van der Waals surface area contributed by atoms with E-state index in [1.807, 2.05) is 0 Å². The number of carbonyl (C=O) groups is 1. The lowest BCUT2D eigenvalue weighted by molar-refractivity contribution is -0.119.